The van der Waals surface area contributed by atoms with Crippen LogP contribution in [0.15, 0.2) is 0 Å². The summed E-state index contributed by atoms with van der Waals surface area (Å²) in [6.07, 6.45) is 14.6. The summed E-state index contributed by atoms with van der Waals surface area (Å²) in [6, 6.07) is 0. The molecule has 0 radical (unpaired) electrons. The van der Waals surface area contributed by atoms with E-state index in [1.807, 2.05) is 0 Å². The van der Waals surface area contributed by atoms with Crippen LogP contribution in [0.3, 0.4) is 0 Å². The minimum absolute atomic E-state index is 0.375. The third-order valence-electron chi connectivity index (χ3n) is 6.63. The molecule has 3 unspecified atom stereocenters. The standard InChI is InChI=1S/C28H52O6/c1-5-7-11-18-24(16-6-2)22-32-28(30)34-26-20-14-13-19-25(26)33-27(29)31-21-15-10-8-9-12-17-23(3)4/h23-26H,5-22H2,1-4H3. The predicted molar refractivity (Wildman–Crippen MR) is 136 cm³/mol. The van der Waals surface area contributed by atoms with E-state index in [2.05, 4.69) is 27.7 Å². The van der Waals surface area contributed by atoms with Gasteiger partial charge in [-0.3, -0.25) is 0 Å². The molecule has 3 atom stereocenters. The van der Waals surface area contributed by atoms with Crippen LogP contribution in [0.25, 0.3) is 0 Å². The fraction of sp³-hybridized carbons (Fsp3) is 0.929. The van der Waals surface area contributed by atoms with Crippen LogP contribution >= 0.6 is 0 Å². The third-order valence-corrected chi connectivity index (χ3v) is 6.63. The van der Waals surface area contributed by atoms with Crippen LogP contribution in [-0.2, 0) is 18.9 Å². The Balaban J connectivity index is 2.27. The molecule has 34 heavy (non-hydrogen) atoms. The summed E-state index contributed by atoms with van der Waals surface area (Å²) in [4.78, 5) is 24.5. The smallest absolute Gasteiger partial charge is 0.434 e. The average Bonchev–Trinajstić information content (AvgIpc) is 2.80. The van der Waals surface area contributed by atoms with E-state index in [1.54, 1.807) is 0 Å². The lowest BCUT2D eigenvalue weighted by atomic mass is 9.94. The average molecular weight is 485 g/mol. The molecule has 0 aliphatic heterocycles. The summed E-state index contributed by atoms with van der Waals surface area (Å²) in [5.41, 5.74) is 0. The molecule has 1 fully saturated rings. The first-order valence-electron chi connectivity index (χ1n) is 14.1. The number of hydrogen-bond acceptors (Lipinski definition) is 6. The molecule has 0 bridgehead atoms. The Bertz CT molecular complexity index is 521. The summed E-state index contributed by atoms with van der Waals surface area (Å²) in [5.74, 6) is 1.15. The molecule has 1 aliphatic carbocycles. The molecule has 0 aromatic carbocycles. The van der Waals surface area contributed by atoms with Crippen LogP contribution in [0, 0.1) is 11.8 Å². The SMILES string of the molecule is CCCCCC(CCC)COC(=O)OC1CCCCC1OC(=O)OCCCCCCCC(C)C. The van der Waals surface area contributed by atoms with Crippen molar-refractivity contribution in [3.63, 3.8) is 0 Å². The largest absolute Gasteiger partial charge is 0.508 e. The number of hydrogen-bond donors (Lipinski definition) is 0. The monoisotopic (exact) mass is 484 g/mol. The molecule has 0 aromatic heterocycles. The van der Waals surface area contributed by atoms with E-state index in [9.17, 15) is 9.59 Å². The highest BCUT2D eigenvalue weighted by molar-refractivity contribution is 5.61. The maximum Gasteiger partial charge on any atom is 0.508 e. The van der Waals surface area contributed by atoms with Crippen molar-refractivity contribution in [2.75, 3.05) is 13.2 Å². The molecule has 0 spiro atoms. The Morgan fingerprint density at radius 2 is 1.29 bits per heavy atom. The predicted octanol–water partition coefficient (Wildman–Crippen LogP) is 8.60. The topological polar surface area (TPSA) is 71.1 Å². The van der Waals surface area contributed by atoms with Crippen LogP contribution in [0.2, 0.25) is 0 Å². The first-order chi connectivity index (χ1) is 16.5. The van der Waals surface area contributed by atoms with E-state index in [0.29, 0.717) is 32.0 Å². The Kier molecular flexibility index (Phi) is 17.8. The molecule has 0 N–H and O–H groups in total. The quantitative estimate of drug-likeness (QED) is 0.143. The van der Waals surface area contributed by atoms with Crippen molar-refractivity contribution in [3.05, 3.63) is 0 Å². The van der Waals surface area contributed by atoms with Crippen molar-refractivity contribution in [1.82, 2.24) is 0 Å². The second-order valence-electron chi connectivity index (χ2n) is 10.4. The lowest BCUT2D eigenvalue weighted by Crippen LogP contribution is -2.38. The molecule has 6 nitrogen and oxygen atoms in total. The second-order valence-corrected chi connectivity index (χ2v) is 10.4. The zero-order chi connectivity index (χ0) is 25.0. The zero-order valence-electron chi connectivity index (χ0n) is 22.5. The molecular weight excluding hydrogens is 432 g/mol. The fourth-order valence-electron chi connectivity index (χ4n) is 4.58. The molecule has 1 aliphatic rings. The van der Waals surface area contributed by atoms with Gasteiger partial charge in [0, 0.05) is 0 Å². The lowest BCUT2D eigenvalue weighted by molar-refractivity contribution is -0.0730. The van der Waals surface area contributed by atoms with Gasteiger partial charge in [0.1, 0.15) is 12.2 Å². The van der Waals surface area contributed by atoms with Gasteiger partial charge in [0.2, 0.25) is 0 Å². The summed E-state index contributed by atoms with van der Waals surface area (Å²) in [7, 11) is 0. The number of carbonyl (C=O) groups excluding carboxylic acids is 2. The molecule has 1 rings (SSSR count). The maximum absolute atomic E-state index is 12.3. The summed E-state index contributed by atoms with van der Waals surface area (Å²) >= 11 is 0. The van der Waals surface area contributed by atoms with E-state index in [-0.39, 0.29) is 0 Å². The molecule has 200 valence electrons. The zero-order valence-corrected chi connectivity index (χ0v) is 22.5. The van der Waals surface area contributed by atoms with Crippen molar-refractivity contribution in [2.24, 2.45) is 11.8 Å². The van der Waals surface area contributed by atoms with Crippen molar-refractivity contribution < 1.29 is 28.5 Å². The van der Waals surface area contributed by atoms with Gasteiger partial charge in [-0.2, -0.15) is 0 Å². The highest BCUT2D eigenvalue weighted by Crippen LogP contribution is 2.25. The van der Waals surface area contributed by atoms with Gasteiger partial charge in [-0.1, -0.05) is 85.5 Å². The first kappa shape index (κ1) is 30.6. The van der Waals surface area contributed by atoms with Crippen LogP contribution in [-0.4, -0.2) is 37.7 Å². The Morgan fingerprint density at radius 3 is 1.91 bits per heavy atom. The Labute approximate surface area is 208 Å². The van der Waals surface area contributed by atoms with Gasteiger partial charge in [0.05, 0.1) is 13.2 Å². The van der Waals surface area contributed by atoms with Crippen LogP contribution in [0.1, 0.15) is 130 Å². The van der Waals surface area contributed by atoms with Crippen molar-refractivity contribution in [3.8, 4) is 0 Å². The lowest BCUT2D eigenvalue weighted by Gasteiger charge is -2.30. The van der Waals surface area contributed by atoms with Crippen molar-refractivity contribution >= 4 is 12.3 Å². The Morgan fingerprint density at radius 1 is 0.706 bits per heavy atom. The van der Waals surface area contributed by atoms with E-state index < -0.39 is 24.5 Å². The molecule has 0 saturated heterocycles. The molecule has 1 saturated carbocycles. The number of unbranched alkanes of at least 4 members (excludes halogenated alkanes) is 6. The van der Waals surface area contributed by atoms with Crippen molar-refractivity contribution in [1.29, 1.82) is 0 Å². The van der Waals surface area contributed by atoms with E-state index in [4.69, 9.17) is 18.9 Å². The molecule has 6 heteroatoms. The number of ether oxygens (including phenoxy) is 4. The molecule has 0 aromatic rings. The highest BCUT2D eigenvalue weighted by Gasteiger charge is 2.32. The molecule has 0 heterocycles. The normalized spacial score (nSPS) is 19.0. The van der Waals surface area contributed by atoms with E-state index >= 15 is 0 Å². The summed E-state index contributed by atoms with van der Waals surface area (Å²) in [5, 5.41) is 0. The minimum Gasteiger partial charge on any atom is -0.434 e. The van der Waals surface area contributed by atoms with Gasteiger partial charge in [-0.25, -0.2) is 9.59 Å². The number of carbonyl (C=O) groups is 2. The Hall–Kier alpha value is -1.46. The van der Waals surface area contributed by atoms with Crippen LogP contribution in [0.5, 0.6) is 0 Å². The van der Waals surface area contributed by atoms with Gasteiger partial charge < -0.3 is 18.9 Å². The summed E-state index contributed by atoms with van der Waals surface area (Å²) < 4.78 is 21.8. The molecular formula is C28H52O6. The van der Waals surface area contributed by atoms with Gasteiger partial charge in [0.25, 0.3) is 0 Å². The fourth-order valence-corrected chi connectivity index (χ4v) is 4.58. The first-order valence-corrected chi connectivity index (χ1v) is 14.1. The second kappa shape index (κ2) is 19.8. The maximum atomic E-state index is 12.3. The highest BCUT2D eigenvalue weighted by atomic mass is 16.8. The van der Waals surface area contributed by atoms with E-state index in [0.717, 1.165) is 50.9 Å². The third kappa shape index (κ3) is 15.4. The van der Waals surface area contributed by atoms with Gasteiger partial charge in [0.15, 0.2) is 0 Å². The van der Waals surface area contributed by atoms with Gasteiger partial charge in [-0.05, 0) is 56.8 Å². The summed E-state index contributed by atoms with van der Waals surface area (Å²) in [6.45, 7) is 9.62. The van der Waals surface area contributed by atoms with E-state index in [1.165, 1.54) is 44.9 Å². The number of rotatable bonds is 18. The van der Waals surface area contributed by atoms with Crippen molar-refractivity contribution in [2.45, 2.75) is 143 Å². The van der Waals surface area contributed by atoms with Crippen LogP contribution < -0.4 is 0 Å². The molecule has 0 amide bonds. The minimum atomic E-state index is -0.660. The van der Waals surface area contributed by atoms with Gasteiger partial charge >= 0.3 is 12.3 Å². The van der Waals surface area contributed by atoms with Gasteiger partial charge in [-0.15, -0.1) is 0 Å². The van der Waals surface area contributed by atoms with Crippen LogP contribution in [0.4, 0.5) is 9.59 Å².